The molecule has 2 N–H and O–H groups in total. The molecule has 9 nitrogen and oxygen atoms in total. The third-order valence-electron chi connectivity index (χ3n) is 4.89. The molecule has 0 saturated carbocycles. The number of hydrogen-bond donors (Lipinski definition) is 2. The van der Waals surface area contributed by atoms with Gasteiger partial charge in [-0.3, -0.25) is 10.1 Å². The van der Waals surface area contributed by atoms with Crippen molar-refractivity contribution in [2.45, 2.75) is 44.1 Å². The van der Waals surface area contributed by atoms with Crippen LogP contribution in [0.15, 0.2) is 47.4 Å². The maximum Gasteiger partial charge on any atom is 0.412 e. The summed E-state index contributed by atoms with van der Waals surface area (Å²) in [4.78, 5) is 25.1. The predicted octanol–water partition coefficient (Wildman–Crippen LogP) is 4.08. The van der Waals surface area contributed by atoms with Gasteiger partial charge in [0, 0.05) is 24.3 Å². The number of anilines is 2. The summed E-state index contributed by atoms with van der Waals surface area (Å²) in [5, 5.41) is 5.33. The molecule has 0 bridgehead atoms. The maximum absolute atomic E-state index is 12.8. The molecule has 33 heavy (non-hydrogen) atoms. The van der Waals surface area contributed by atoms with Crippen molar-refractivity contribution < 1.29 is 27.5 Å². The first-order valence-corrected chi connectivity index (χ1v) is 12.0. The number of nitrogens with zero attached hydrogens (tertiary/aromatic N) is 1. The van der Waals surface area contributed by atoms with Gasteiger partial charge in [0.2, 0.25) is 10.0 Å². The zero-order valence-electron chi connectivity index (χ0n) is 19.2. The van der Waals surface area contributed by atoms with Gasteiger partial charge in [0.15, 0.2) is 0 Å². The van der Waals surface area contributed by atoms with Crippen LogP contribution >= 0.6 is 0 Å². The number of carbonyl (C=O) groups is 2. The molecule has 0 unspecified atom stereocenters. The van der Waals surface area contributed by atoms with Crippen LogP contribution in [-0.4, -0.2) is 50.5 Å². The largest absolute Gasteiger partial charge is 0.495 e. The van der Waals surface area contributed by atoms with Crippen LogP contribution in [0, 0.1) is 0 Å². The minimum atomic E-state index is -3.64. The van der Waals surface area contributed by atoms with E-state index in [-0.39, 0.29) is 10.5 Å². The van der Waals surface area contributed by atoms with E-state index in [4.69, 9.17) is 9.47 Å². The third kappa shape index (κ3) is 6.23. The van der Waals surface area contributed by atoms with E-state index in [0.29, 0.717) is 30.2 Å². The Hall–Kier alpha value is -3.11. The van der Waals surface area contributed by atoms with E-state index >= 15 is 0 Å². The fourth-order valence-electron chi connectivity index (χ4n) is 3.38. The van der Waals surface area contributed by atoms with Gasteiger partial charge >= 0.3 is 6.09 Å². The van der Waals surface area contributed by atoms with Crippen LogP contribution in [0.3, 0.4) is 0 Å². The fraction of sp³-hybridized carbons (Fsp3) is 0.391. The van der Waals surface area contributed by atoms with Gasteiger partial charge in [-0.15, -0.1) is 0 Å². The first kappa shape index (κ1) is 24.5. The average molecular weight is 476 g/mol. The molecule has 1 aliphatic rings. The lowest BCUT2D eigenvalue weighted by Gasteiger charge is -2.20. The second-order valence-electron chi connectivity index (χ2n) is 8.64. The van der Waals surface area contributed by atoms with Crippen LogP contribution in [-0.2, 0) is 14.8 Å². The van der Waals surface area contributed by atoms with Crippen LogP contribution in [0.25, 0.3) is 0 Å². The summed E-state index contributed by atoms with van der Waals surface area (Å²) in [5.74, 6) is -0.0978. The molecule has 1 heterocycles. The van der Waals surface area contributed by atoms with E-state index < -0.39 is 27.6 Å². The van der Waals surface area contributed by atoms with E-state index in [1.54, 1.807) is 45.0 Å². The van der Waals surface area contributed by atoms with Crippen molar-refractivity contribution in [3.05, 3.63) is 48.0 Å². The summed E-state index contributed by atoms with van der Waals surface area (Å²) in [6.45, 7) is 6.21. The van der Waals surface area contributed by atoms with Gasteiger partial charge in [0.25, 0.3) is 5.91 Å². The summed E-state index contributed by atoms with van der Waals surface area (Å²) >= 11 is 0. The summed E-state index contributed by atoms with van der Waals surface area (Å²) in [6, 6.07) is 10.7. The number of ether oxygens (including phenoxy) is 2. The molecule has 0 aromatic heterocycles. The standard InChI is InChI=1S/C23H29N3O6S/c1-23(2,3)32-22(28)25-19-15-17(10-11-20(19)31-4)24-21(27)16-8-7-9-18(14-16)33(29,30)26-12-5-6-13-26/h7-11,14-15H,5-6,12-13H2,1-4H3,(H,24,27)(H,25,28). The monoisotopic (exact) mass is 475 g/mol. The zero-order chi connectivity index (χ0) is 24.2. The van der Waals surface area contributed by atoms with Crippen molar-refractivity contribution in [3.63, 3.8) is 0 Å². The summed E-state index contributed by atoms with van der Waals surface area (Å²) in [7, 11) is -2.18. The SMILES string of the molecule is COc1ccc(NC(=O)c2cccc(S(=O)(=O)N3CCCC3)c2)cc1NC(=O)OC(C)(C)C. The van der Waals surface area contributed by atoms with Gasteiger partial charge in [-0.1, -0.05) is 6.07 Å². The number of hydrogen-bond acceptors (Lipinski definition) is 6. The number of methoxy groups -OCH3 is 1. The molecule has 0 spiro atoms. The quantitative estimate of drug-likeness (QED) is 0.651. The Kier molecular flexibility index (Phi) is 7.28. The lowest BCUT2D eigenvalue weighted by atomic mass is 10.2. The van der Waals surface area contributed by atoms with Gasteiger partial charge in [0.1, 0.15) is 11.4 Å². The van der Waals surface area contributed by atoms with Crippen LogP contribution in [0.1, 0.15) is 44.0 Å². The average Bonchev–Trinajstić information content (AvgIpc) is 3.28. The first-order chi connectivity index (χ1) is 15.5. The number of amides is 2. The highest BCUT2D eigenvalue weighted by molar-refractivity contribution is 7.89. The smallest absolute Gasteiger partial charge is 0.412 e. The van der Waals surface area contributed by atoms with E-state index in [1.807, 2.05) is 0 Å². The Morgan fingerprint density at radius 1 is 1.00 bits per heavy atom. The minimum Gasteiger partial charge on any atom is -0.495 e. The molecule has 1 aliphatic heterocycles. The molecule has 1 saturated heterocycles. The molecule has 0 atom stereocenters. The van der Waals surface area contributed by atoms with E-state index in [0.717, 1.165) is 12.8 Å². The molecule has 2 aromatic rings. The topological polar surface area (TPSA) is 114 Å². The van der Waals surface area contributed by atoms with Crippen molar-refractivity contribution in [2.75, 3.05) is 30.8 Å². The Morgan fingerprint density at radius 3 is 2.33 bits per heavy atom. The molecule has 0 aliphatic carbocycles. The van der Waals surface area contributed by atoms with Crippen LogP contribution in [0.4, 0.5) is 16.2 Å². The van der Waals surface area contributed by atoms with Crippen LogP contribution in [0.2, 0.25) is 0 Å². The summed E-state index contributed by atoms with van der Waals surface area (Å²) < 4.78 is 37.6. The lowest BCUT2D eigenvalue weighted by molar-refractivity contribution is 0.0635. The molecule has 0 radical (unpaired) electrons. The minimum absolute atomic E-state index is 0.0825. The van der Waals surface area contributed by atoms with Gasteiger partial charge in [-0.05, 0) is 70.0 Å². The third-order valence-corrected chi connectivity index (χ3v) is 6.79. The first-order valence-electron chi connectivity index (χ1n) is 10.6. The van der Waals surface area contributed by atoms with Crippen LogP contribution < -0.4 is 15.4 Å². The summed E-state index contributed by atoms with van der Waals surface area (Å²) in [6.07, 6.45) is 0.997. The fourth-order valence-corrected chi connectivity index (χ4v) is 4.94. The number of benzene rings is 2. The van der Waals surface area contributed by atoms with Crippen molar-refractivity contribution in [1.29, 1.82) is 0 Å². The molecule has 178 valence electrons. The highest BCUT2D eigenvalue weighted by Gasteiger charge is 2.27. The van der Waals surface area contributed by atoms with E-state index in [2.05, 4.69) is 10.6 Å². The Balaban J connectivity index is 1.78. The van der Waals surface area contributed by atoms with Crippen molar-refractivity contribution >= 4 is 33.4 Å². The number of sulfonamides is 1. The molecule has 1 fully saturated rings. The molecule has 2 aromatic carbocycles. The summed E-state index contributed by atoms with van der Waals surface area (Å²) in [5.41, 5.74) is 0.228. The molecular formula is C23H29N3O6S. The van der Waals surface area contributed by atoms with Gasteiger partial charge in [-0.25, -0.2) is 13.2 Å². The number of nitrogens with one attached hydrogen (secondary N) is 2. The van der Waals surface area contributed by atoms with Crippen molar-refractivity contribution in [1.82, 2.24) is 4.31 Å². The van der Waals surface area contributed by atoms with Gasteiger partial charge < -0.3 is 14.8 Å². The van der Waals surface area contributed by atoms with Gasteiger partial charge in [0.05, 0.1) is 17.7 Å². The predicted molar refractivity (Wildman–Crippen MR) is 125 cm³/mol. The Labute approximate surface area is 194 Å². The Morgan fingerprint density at radius 2 is 1.70 bits per heavy atom. The molecule has 10 heteroatoms. The molecular weight excluding hydrogens is 446 g/mol. The second-order valence-corrected chi connectivity index (χ2v) is 10.6. The number of carbonyl (C=O) groups excluding carboxylic acids is 2. The Bertz CT molecular complexity index is 1140. The zero-order valence-corrected chi connectivity index (χ0v) is 20.0. The van der Waals surface area contributed by atoms with E-state index in [1.165, 1.54) is 29.6 Å². The highest BCUT2D eigenvalue weighted by Crippen LogP contribution is 2.29. The maximum atomic E-state index is 12.8. The van der Waals surface area contributed by atoms with Crippen molar-refractivity contribution in [2.24, 2.45) is 0 Å². The molecule has 3 rings (SSSR count). The van der Waals surface area contributed by atoms with E-state index in [9.17, 15) is 18.0 Å². The van der Waals surface area contributed by atoms with Crippen molar-refractivity contribution in [3.8, 4) is 5.75 Å². The highest BCUT2D eigenvalue weighted by atomic mass is 32.2. The number of rotatable bonds is 6. The second kappa shape index (κ2) is 9.80. The normalized spacial score (nSPS) is 14.5. The van der Waals surface area contributed by atoms with Gasteiger partial charge in [-0.2, -0.15) is 4.31 Å². The van der Waals surface area contributed by atoms with Crippen LogP contribution in [0.5, 0.6) is 5.75 Å². The molecule has 2 amide bonds. The lowest BCUT2D eigenvalue weighted by Crippen LogP contribution is -2.28.